The van der Waals surface area contributed by atoms with Crippen LogP contribution in [0.4, 0.5) is 0 Å². The summed E-state index contributed by atoms with van der Waals surface area (Å²) in [7, 11) is 3.30. The molecule has 0 aliphatic heterocycles. The van der Waals surface area contributed by atoms with Gasteiger partial charge in [-0.05, 0) is 59.5 Å². The van der Waals surface area contributed by atoms with Crippen LogP contribution in [0.2, 0.25) is 0 Å². The van der Waals surface area contributed by atoms with Gasteiger partial charge in [-0.1, -0.05) is 18.2 Å². The summed E-state index contributed by atoms with van der Waals surface area (Å²) >= 11 is 0. The van der Waals surface area contributed by atoms with E-state index in [-0.39, 0.29) is 0 Å². The summed E-state index contributed by atoms with van der Waals surface area (Å²) in [6.45, 7) is 1.04. The van der Waals surface area contributed by atoms with Crippen LogP contribution in [0.25, 0.3) is 35.2 Å². The maximum Gasteiger partial charge on any atom is 0.129 e. The molecule has 31 heavy (non-hydrogen) atoms. The Morgan fingerprint density at radius 1 is 0.903 bits per heavy atom. The molecule has 4 rings (SSSR count). The Bertz CT molecular complexity index is 1200. The first-order chi connectivity index (χ1) is 15.2. The average molecular weight is 415 g/mol. The molecule has 0 bridgehead atoms. The third-order valence-electron chi connectivity index (χ3n) is 4.85. The summed E-state index contributed by atoms with van der Waals surface area (Å²) in [5.74, 6) is 1.49. The summed E-state index contributed by atoms with van der Waals surface area (Å²) in [4.78, 5) is 3.23. The average Bonchev–Trinajstić information content (AvgIpc) is 3.45. The van der Waals surface area contributed by atoms with Crippen LogP contribution >= 0.6 is 0 Å². The fourth-order valence-corrected chi connectivity index (χ4v) is 3.22. The molecule has 0 spiro atoms. The second-order valence-corrected chi connectivity index (χ2v) is 6.98. The number of fused-ring (bicyclic) bond motifs is 1. The highest BCUT2D eigenvalue weighted by atomic mass is 16.5. The zero-order chi connectivity index (χ0) is 21.5. The molecule has 0 aliphatic carbocycles. The first kappa shape index (κ1) is 20.5. The molecule has 4 aromatic rings. The molecule has 2 aromatic heterocycles. The van der Waals surface area contributed by atoms with E-state index in [2.05, 4.69) is 45.5 Å². The summed E-state index contributed by atoms with van der Waals surface area (Å²) < 4.78 is 16.1. The Morgan fingerprint density at radius 3 is 2.71 bits per heavy atom. The molecule has 2 heterocycles. The van der Waals surface area contributed by atoms with Gasteiger partial charge in [0.15, 0.2) is 0 Å². The van der Waals surface area contributed by atoms with Gasteiger partial charge >= 0.3 is 0 Å². The Hall–Kier alpha value is -3.77. The third-order valence-corrected chi connectivity index (χ3v) is 4.85. The second-order valence-electron chi connectivity index (χ2n) is 6.98. The molecule has 2 N–H and O–H groups in total. The summed E-state index contributed by atoms with van der Waals surface area (Å²) in [6, 6.07) is 16.1. The molecule has 0 radical (unpaired) electrons. The minimum Gasteiger partial charge on any atom is -0.496 e. The summed E-state index contributed by atoms with van der Waals surface area (Å²) in [5.41, 5.74) is 4.96. The first-order valence-corrected chi connectivity index (χ1v) is 10.0. The standard InChI is InChI=1S/C25H25N3O3/c1-29-13-14-31-23-10-7-20(25(17-23)30-2)6-9-22-16-21(27-28-22)8-4-18-3-5-19-11-12-26-24(19)15-18/h3-12,15-17,26H,13-14H2,1-2H3,(H,27,28)/b8-4+,9-6+. The molecule has 6 nitrogen and oxygen atoms in total. The molecule has 158 valence electrons. The van der Waals surface area contributed by atoms with Crippen molar-refractivity contribution >= 4 is 35.2 Å². The van der Waals surface area contributed by atoms with Gasteiger partial charge in [0.05, 0.1) is 25.1 Å². The SMILES string of the molecule is COCCOc1ccc(/C=C/c2cc(/C=C/c3ccc4cc[nH]c4c3)n[nH]2)c(OC)c1. The van der Waals surface area contributed by atoms with Crippen molar-refractivity contribution in [1.82, 2.24) is 15.2 Å². The zero-order valence-electron chi connectivity index (χ0n) is 17.6. The van der Waals surface area contributed by atoms with Crippen LogP contribution in [0.15, 0.2) is 54.7 Å². The molecule has 0 saturated carbocycles. The lowest BCUT2D eigenvalue weighted by Crippen LogP contribution is -2.04. The van der Waals surface area contributed by atoms with Crippen LogP contribution in [0.3, 0.4) is 0 Å². The number of aromatic nitrogens is 3. The highest BCUT2D eigenvalue weighted by Crippen LogP contribution is 2.26. The van der Waals surface area contributed by atoms with Crippen molar-refractivity contribution in [3.05, 3.63) is 77.2 Å². The van der Waals surface area contributed by atoms with Gasteiger partial charge in [0.2, 0.25) is 0 Å². The molecule has 0 atom stereocenters. The van der Waals surface area contributed by atoms with Gasteiger partial charge < -0.3 is 19.2 Å². The van der Waals surface area contributed by atoms with E-state index in [0.29, 0.717) is 13.2 Å². The fourth-order valence-electron chi connectivity index (χ4n) is 3.22. The van der Waals surface area contributed by atoms with Crippen molar-refractivity contribution in [2.45, 2.75) is 0 Å². The van der Waals surface area contributed by atoms with Crippen LogP contribution in [0.5, 0.6) is 11.5 Å². The number of nitrogens with one attached hydrogen (secondary N) is 2. The van der Waals surface area contributed by atoms with Crippen molar-refractivity contribution in [1.29, 1.82) is 0 Å². The first-order valence-electron chi connectivity index (χ1n) is 10.0. The number of hydrogen-bond acceptors (Lipinski definition) is 4. The number of methoxy groups -OCH3 is 2. The maximum absolute atomic E-state index is 5.64. The van der Waals surface area contributed by atoms with Crippen molar-refractivity contribution < 1.29 is 14.2 Å². The Morgan fingerprint density at radius 2 is 1.84 bits per heavy atom. The van der Waals surface area contributed by atoms with E-state index in [4.69, 9.17) is 14.2 Å². The summed E-state index contributed by atoms with van der Waals surface area (Å²) in [6.07, 6.45) is 9.94. The van der Waals surface area contributed by atoms with Crippen molar-refractivity contribution in [3.8, 4) is 11.5 Å². The quantitative estimate of drug-likeness (QED) is 0.366. The van der Waals surface area contributed by atoms with E-state index >= 15 is 0 Å². The minimum atomic E-state index is 0.498. The van der Waals surface area contributed by atoms with E-state index < -0.39 is 0 Å². The molecular formula is C25H25N3O3. The van der Waals surface area contributed by atoms with Gasteiger partial charge in [0, 0.05) is 30.5 Å². The molecule has 0 amide bonds. The van der Waals surface area contributed by atoms with Crippen LogP contribution < -0.4 is 9.47 Å². The maximum atomic E-state index is 5.64. The number of ether oxygens (including phenoxy) is 3. The zero-order valence-corrected chi connectivity index (χ0v) is 17.6. The lowest BCUT2D eigenvalue weighted by atomic mass is 10.1. The molecule has 0 unspecified atom stereocenters. The van der Waals surface area contributed by atoms with Crippen LogP contribution in [-0.4, -0.2) is 42.6 Å². The largest absolute Gasteiger partial charge is 0.496 e. The van der Waals surface area contributed by atoms with Crippen molar-refractivity contribution in [2.75, 3.05) is 27.4 Å². The number of hydrogen-bond donors (Lipinski definition) is 2. The van der Waals surface area contributed by atoms with E-state index in [0.717, 1.165) is 39.5 Å². The Labute approximate surface area is 181 Å². The van der Waals surface area contributed by atoms with Crippen molar-refractivity contribution in [2.24, 2.45) is 0 Å². The smallest absolute Gasteiger partial charge is 0.129 e. The Balaban J connectivity index is 1.43. The molecular weight excluding hydrogens is 390 g/mol. The van der Waals surface area contributed by atoms with Gasteiger partial charge in [0.25, 0.3) is 0 Å². The van der Waals surface area contributed by atoms with E-state index in [1.165, 1.54) is 5.39 Å². The second kappa shape index (κ2) is 9.82. The molecule has 6 heteroatoms. The topological polar surface area (TPSA) is 72.2 Å². The van der Waals surface area contributed by atoms with Gasteiger partial charge in [-0.3, -0.25) is 5.10 Å². The predicted octanol–water partition coefficient (Wildman–Crippen LogP) is 5.27. The number of nitrogens with zero attached hydrogens (tertiary/aromatic N) is 1. The third kappa shape index (κ3) is 5.24. The van der Waals surface area contributed by atoms with Gasteiger partial charge in [-0.25, -0.2) is 0 Å². The molecule has 0 fully saturated rings. The molecule has 0 aliphatic rings. The number of aromatic amines is 2. The normalized spacial score (nSPS) is 11.7. The Kier molecular flexibility index (Phi) is 6.50. The number of H-pyrrole nitrogens is 2. The highest BCUT2D eigenvalue weighted by Gasteiger charge is 2.04. The lowest BCUT2D eigenvalue weighted by Gasteiger charge is -2.09. The minimum absolute atomic E-state index is 0.498. The molecule has 0 saturated heterocycles. The predicted molar refractivity (Wildman–Crippen MR) is 125 cm³/mol. The molecule has 2 aromatic carbocycles. The van der Waals surface area contributed by atoms with Crippen molar-refractivity contribution in [3.63, 3.8) is 0 Å². The van der Waals surface area contributed by atoms with Gasteiger partial charge in [0.1, 0.15) is 18.1 Å². The van der Waals surface area contributed by atoms with Crippen LogP contribution in [-0.2, 0) is 4.74 Å². The van der Waals surface area contributed by atoms with Gasteiger partial charge in [-0.15, -0.1) is 0 Å². The van der Waals surface area contributed by atoms with Crippen LogP contribution in [0, 0.1) is 0 Å². The monoisotopic (exact) mass is 415 g/mol. The highest BCUT2D eigenvalue weighted by molar-refractivity contribution is 5.83. The summed E-state index contributed by atoms with van der Waals surface area (Å²) in [5, 5.41) is 8.61. The van der Waals surface area contributed by atoms with E-state index in [9.17, 15) is 0 Å². The number of rotatable bonds is 9. The lowest BCUT2D eigenvalue weighted by molar-refractivity contribution is 0.146. The number of benzene rings is 2. The van der Waals surface area contributed by atoms with E-state index in [1.807, 2.05) is 48.7 Å². The fraction of sp³-hybridized carbons (Fsp3) is 0.160. The van der Waals surface area contributed by atoms with E-state index in [1.54, 1.807) is 14.2 Å². The van der Waals surface area contributed by atoms with Gasteiger partial charge in [-0.2, -0.15) is 5.10 Å². The van der Waals surface area contributed by atoms with Crippen LogP contribution in [0.1, 0.15) is 22.5 Å².